The lowest BCUT2D eigenvalue weighted by molar-refractivity contribution is -0.112. The topological polar surface area (TPSA) is 102 Å². The number of rotatable bonds is 6. The van der Waals surface area contributed by atoms with E-state index in [-0.39, 0.29) is 11.5 Å². The molecule has 134 valence electrons. The van der Waals surface area contributed by atoms with E-state index in [4.69, 9.17) is 10.5 Å². The van der Waals surface area contributed by atoms with Crippen molar-refractivity contribution >= 4 is 24.0 Å². The van der Waals surface area contributed by atoms with E-state index in [0.717, 1.165) is 11.1 Å². The number of carbonyl (C=O) groups excluding carboxylic acids is 1. The molecule has 7 heteroatoms. The van der Waals surface area contributed by atoms with Crippen molar-refractivity contribution in [3.05, 3.63) is 65.4 Å². The van der Waals surface area contributed by atoms with Crippen LogP contribution in [-0.2, 0) is 4.79 Å². The molecule has 0 unspecified atom stereocenters. The molecule has 0 spiro atoms. The van der Waals surface area contributed by atoms with Crippen LogP contribution < -0.4 is 15.8 Å². The van der Waals surface area contributed by atoms with E-state index >= 15 is 0 Å². The van der Waals surface area contributed by atoms with Gasteiger partial charge < -0.3 is 15.8 Å². The molecular formula is C19H21N5O2. The number of benzene rings is 1. The summed E-state index contributed by atoms with van der Waals surface area (Å²) in [5.41, 5.74) is 8.62. The number of aliphatic imine (C=N–C) groups is 2. The minimum Gasteiger partial charge on any atom is -0.495 e. The number of methoxy groups -OCH3 is 1. The number of nitrogens with two attached hydrogens (primary N) is 1. The Morgan fingerprint density at radius 2 is 2.12 bits per heavy atom. The minimum atomic E-state index is -0.512. The summed E-state index contributed by atoms with van der Waals surface area (Å²) in [5, 5.41) is 2.76. The molecule has 0 aliphatic carbocycles. The van der Waals surface area contributed by atoms with Gasteiger partial charge in [-0.25, -0.2) is 9.98 Å². The first-order valence-corrected chi connectivity index (χ1v) is 7.84. The number of hydrogen-bond acceptors (Lipinski definition) is 6. The molecule has 26 heavy (non-hydrogen) atoms. The normalized spacial score (nSPS) is 12.2. The highest BCUT2D eigenvalue weighted by atomic mass is 16.5. The largest absolute Gasteiger partial charge is 0.495 e. The molecule has 0 aliphatic heterocycles. The first-order chi connectivity index (χ1) is 12.5. The predicted octanol–water partition coefficient (Wildman–Crippen LogP) is 2.67. The van der Waals surface area contributed by atoms with Crippen molar-refractivity contribution in [2.24, 2.45) is 15.7 Å². The zero-order valence-corrected chi connectivity index (χ0v) is 15.0. The monoisotopic (exact) mass is 351 g/mol. The third-order valence-electron chi connectivity index (χ3n) is 3.59. The maximum absolute atomic E-state index is 12.7. The van der Waals surface area contributed by atoms with Crippen LogP contribution in [0.2, 0.25) is 0 Å². The summed E-state index contributed by atoms with van der Waals surface area (Å²) in [4.78, 5) is 24.8. The van der Waals surface area contributed by atoms with E-state index in [0.29, 0.717) is 17.1 Å². The van der Waals surface area contributed by atoms with Gasteiger partial charge in [-0.3, -0.25) is 9.78 Å². The molecular weight excluding hydrogens is 330 g/mol. The summed E-state index contributed by atoms with van der Waals surface area (Å²) in [6, 6.07) is 9.07. The van der Waals surface area contributed by atoms with Gasteiger partial charge in [0.15, 0.2) is 11.5 Å². The molecule has 0 saturated carbocycles. The average molecular weight is 351 g/mol. The van der Waals surface area contributed by atoms with Gasteiger partial charge >= 0.3 is 0 Å². The van der Waals surface area contributed by atoms with Gasteiger partial charge in [0.2, 0.25) is 0 Å². The minimum absolute atomic E-state index is 0.0371. The van der Waals surface area contributed by atoms with E-state index < -0.39 is 5.91 Å². The number of pyridine rings is 1. The number of nitrogens with zero attached hydrogens (tertiary/aromatic N) is 3. The Balaban J connectivity index is 2.38. The van der Waals surface area contributed by atoms with Crippen LogP contribution in [0, 0.1) is 6.92 Å². The van der Waals surface area contributed by atoms with Crippen molar-refractivity contribution < 1.29 is 9.53 Å². The van der Waals surface area contributed by atoms with Gasteiger partial charge in [-0.05, 0) is 44.3 Å². The fraction of sp³-hybridized carbons (Fsp3) is 0.158. The number of aryl methyl sites for hydroxylation is 1. The van der Waals surface area contributed by atoms with Crippen LogP contribution in [0.3, 0.4) is 0 Å². The van der Waals surface area contributed by atoms with E-state index in [9.17, 15) is 4.79 Å². The Hall–Kier alpha value is -3.48. The van der Waals surface area contributed by atoms with Gasteiger partial charge in [-0.15, -0.1) is 0 Å². The molecule has 0 aliphatic rings. The van der Waals surface area contributed by atoms with Crippen LogP contribution >= 0.6 is 0 Å². The molecule has 0 atom stereocenters. The van der Waals surface area contributed by atoms with Crippen molar-refractivity contribution in [1.29, 1.82) is 0 Å². The van der Waals surface area contributed by atoms with Crippen LogP contribution in [0.1, 0.15) is 18.1 Å². The highest BCUT2D eigenvalue weighted by Crippen LogP contribution is 2.26. The number of hydrogen-bond donors (Lipinski definition) is 2. The van der Waals surface area contributed by atoms with Crippen molar-refractivity contribution in [2.45, 2.75) is 13.8 Å². The predicted molar refractivity (Wildman–Crippen MR) is 104 cm³/mol. The smallest absolute Gasteiger partial charge is 0.278 e. The average Bonchev–Trinajstić information content (AvgIpc) is 2.66. The van der Waals surface area contributed by atoms with Crippen molar-refractivity contribution in [3.63, 3.8) is 0 Å². The summed E-state index contributed by atoms with van der Waals surface area (Å²) >= 11 is 0. The van der Waals surface area contributed by atoms with Gasteiger partial charge in [0.05, 0.1) is 12.8 Å². The van der Waals surface area contributed by atoms with Crippen LogP contribution in [0.4, 0.5) is 5.69 Å². The van der Waals surface area contributed by atoms with Gasteiger partial charge in [0.1, 0.15) is 5.75 Å². The Kier molecular flexibility index (Phi) is 6.21. The van der Waals surface area contributed by atoms with Crippen molar-refractivity contribution in [3.8, 4) is 5.75 Å². The Labute approximate surface area is 152 Å². The molecule has 0 radical (unpaired) electrons. The second kappa shape index (κ2) is 8.57. The maximum atomic E-state index is 12.7. The Bertz CT molecular complexity index is 873. The zero-order valence-electron chi connectivity index (χ0n) is 15.0. The molecule has 0 fully saturated rings. The number of anilines is 1. The summed E-state index contributed by atoms with van der Waals surface area (Å²) in [6.45, 7) is 7.05. The lowest BCUT2D eigenvalue weighted by atomic mass is 10.2. The lowest BCUT2D eigenvalue weighted by Crippen LogP contribution is -2.18. The fourth-order valence-electron chi connectivity index (χ4n) is 2.21. The first-order valence-electron chi connectivity index (χ1n) is 7.84. The maximum Gasteiger partial charge on any atom is 0.278 e. The first kappa shape index (κ1) is 18.9. The molecule has 1 heterocycles. The van der Waals surface area contributed by atoms with Crippen molar-refractivity contribution in [2.75, 3.05) is 12.4 Å². The number of aromatic nitrogens is 1. The summed E-state index contributed by atoms with van der Waals surface area (Å²) in [7, 11) is 1.53. The molecule has 7 nitrogen and oxygen atoms in total. The highest BCUT2D eigenvalue weighted by molar-refractivity contribution is 6.08. The number of ether oxygens (including phenoxy) is 1. The third-order valence-corrected chi connectivity index (χ3v) is 3.59. The zero-order chi connectivity index (χ0) is 19.1. The standard InChI is InChI=1S/C19H21N5O2/c1-12-7-8-16(26-4)15(10-12)24-19(25)17(18(20)21-3)23-13(2)14-6-5-9-22-11-14/h5-11H,3,20H2,1-2,4H3,(H,24,25)/b18-17-,23-13+. The van der Waals surface area contributed by atoms with E-state index in [1.54, 1.807) is 37.5 Å². The second-order valence-electron chi connectivity index (χ2n) is 5.49. The molecule has 1 aromatic heterocycles. The quantitative estimate of drug-likeness (QED) is 0.617. The second-order valence-corrected chi connectivity index (χ2v) is 5.49. The van der Waals surface area contributed by atoms with Gasteiger partial charge in [-0.2, -0.15) is 0 Å². The molecule has 1 amide bonds. The number of carbonyl (C=O) groups is 1. The van der Waals surface area contributed by atoms with Crippen LogP contribution in [0.5, 0.6) is 5.75 Å². The van der Waals surface area contributed by atoms with Crippen molar-refractivity contribution in [1.82, 2.24) is 4.98 Å². The molecule has 2 aromatic rings. The molecule has 3 N–H and O–H groups in total. The summed E-state index contributed by atoms with van der Waals surface area (Å²) in [5.74, 6) is -0.0548. The van der Waals surface area contributed by atoms with Crippen LogP contribution in [0.25, 0.3) is 0 Å². The lowest BCUT2D eigenvalue weighted by Gasteiger charge is -2.12. The SMILES string of the molecule is C=N/C(N)=C(\N=C(/C)c1cccnc1)C(=O)Nc1cc(C)ccc1OC. The van der Waals surface area contributed by atoms with Gasteiger partial charge in [-0.1, -0.05) is 12.1 Å². The Morgan fingerprint density at radius 3 is 2.73 bits per heavy atom. The third kappa shape index (κ3) is 4.54. The summed E-state index contributed by atoms with van der Waals surface area (Å²) < 4.78 is 5.28. The Morgan fingerprint density at radius 1 is 1.35 bits per heavy atom. The van der Waals surface area contributed by atoms with E-state index in [1.807, 2.05) is 19.1 Å². The van der Waals surface area contributed by atoms with Crippen LogP contribution in [0.15, 0.2) is 64.2 Å². The molecule has 0 bridgehead atoms. The fourth-order valence-corrected chi connectivity index (χ4v) is 2.21. The number of nitrogens with one attached hydrogen (secondary N) is 1. The van der Waals surface area contributed by atoms with Gasteiger partial charge in [0.25, 0.3) is 5.91 Å². The summed E-state index contributed by atoms with van der Waals surface area (Å²) in [6.07, 6.45) is 3.30. The van der Waals surface area contributed by atoms with Crippen LogP contribution in [-0.4, -0.2) is 30.4 Å². The van der Waals surface area contributed by atoms with Gasteiger partial charge in [0, 0.05) is 23.7 Å². The molecule has 0 saturated heterocycles. The molecule has 1 aromatic carbocycles. The highest BCUT2D eigenvalue weighted by Gasteiger charge is 2.16. The molecule has 2 rings (SSSR count). The van der Waals surface area contributed by atoms with E-state index in [1.165, 1.54) is 7.11 Å². The van der Waals surface area contributed by atoms with E-state index in [2.05, 4.69) is 27.0 Å². The number of amides is 1.